The summed E-state index contributed by atoms with van der Waals surface area (Å²) in [7, 11) is 0. The molecule has 0 aromatic heterocycles. The van der Waals surface area contributed by atoms with Crippen LogP contribution in [0.25, 0.3) is 0 Å². The smallest absolute Gasteiger partial charge is 0.450 e. The number of carbonyl (C=O) groups is 3. The third kappa shape index (κ3) is 901. The Morgan fingerprint density at radius 2 is 0.538 bits per heavy atom. The Bertz CT molecular complexity index is 112. The number of hydrogen-bond acceptors (Lipinski definition) is 3. The van der Waals surface area contributed by atoms with Crippen molar-refractivity contribution in [1.82, 2.24) is 0 Å². The second-order valence-corrected chi connectivity index (χ2v) is 0.848. The molecule has 0 unspecified atom stereocenters. The number of carboxylic acid groups (broad SMARTS) is 6. The van der Waals surface area contributed by atoms with Crippen LogP contribution >= 0.6 is 0 Å². The van der Waals surface area contributed by atoms with Gasteiger partial charge in [-0.1, -0.05) is 0 Å². The molecular weight excluding hydrogens is 319 g/mol. The third-order valence-electron chi connectivity index (χ3n) is 0. The van der Waals surface area contributed by atoms with Crippen LogP contribution in [0.4, 0.5) is 14.4 Å². The summed E-state index contributed by atoms with van der Waals surface area (Å²) in [5.41, 5.74) is 0. The molecule has 0 aromatic carbocycles. The van der Waals surface area contributed by atoms with E-state index >= 15 is 0 Å². The molecule has 0 aromatic rings. The van der Waals surface area contributed by atoms with Crippen LogP contribution in [-0.2, 0) is 0 Å². The van der Waals surface area contributed by atoms with Gasteiger partial charge in [-0.2, -0.15) is 0 Å². The van der Waals surface area contributed by atoms with Gasteiger partial charge in [0.15, 0.2) is 0 Å². The van der Waals surface area contributed by atoms with Crippen LogP contribution in [0.5, 0.6) is 0 Å². The van der Waals surface area contributed by atoms with Crippen molar-refractivity contribution in [3.8, 4) is 0 Å². The molecule has 0 rings (SSSR count). The molecule has 0 saturated carbocycles. The molecule has 0 aliphatic rings. The molecule has 0 aliphatic carbocycles. The molecule has 0 amide bonds. The van der Waals surface area contributed by atoms with Crippen molar-refractivity contribution in [3.05, 3.63) is 0 Å². The van der Waals surface area contributed by atoms with Gasteiger partial charge in [0.05, 0.1) is 0 Å². The topological polar surface area (TPSA) is 173 Å². The summed E-state index contributed by atoms with van der Waals surface area (Å²) in [5, 5.41) is 41.8. The molecule has 6 N–H and O–H groups in total. The molecule has 0 spiro atoms. The Kier molecular flexibility index (Phi) is 30.0. The van der Waals surface area contributed by atoms with E-state index in [9.17, 15) is 0 Å². The van der Waals surface area contributed by atoms with Gasteiger partial charge in [0.1, 0.15) is 0 Å². The van der Waals surface area contributed by atoms with Crippen molar-refractivity contribution in [3.63, 3.8) is 0 Å². The van der Waals surface area contributed by atoms with Crippen molar-refractivity contribution < 1.29 is 80.6 Å². The standard InChI is InChI=1S/3CH2O3.La/c3*2-1(3)4;/h3*(H2,2,3,4);. The van der Waals surface area contributed by atoms with Gasteiger partial charge in [-0.15, -0.1) is 0 Å². The van der Waals surface area contributed by atoms with Crippen LogP contribution in [0.3, 0.4) is 0 Å². The maximum absolute atomic E-state index is 8.56. The monoisotopic (exact) mass is 325 g/mol. The van der Waals surface area contributed by atoms with Crippen molar-refractivity contribution in [2.24, 2.45) is 0 Å². The van der Waals surface area contributed by atoms with Gasteiger partial charge in [-0.05, 0) is 0 Å². The minimum Gasteiger partial charge on any atom is -0.450 e. The zero-order valence-corrected chi connectivity index (χ0v) is 9.61. The summed E-state index contributed by atoms with van der Waals surface area (Å²) < 4.78 is 0. The zero-order valence-electron chi connectivity index (χ0n) is 5.99. The van der Waals surface area contributed by atoms with Crippen molar-refractivity contribution >= 4 is 18.5 Å². The molecule has 0 bridgehead atoms. The van der Waals surface area contributed by atoms with Gasteiger partial charge < -0.3 is 30.6 Å². The van der Waals surface area contributed by atoms with E-state index in [0.717, 1.165) is 0 Å². The third-order valence-corrected chi connectivity index (χ3v) is 0. The Morgan fingerprint density at radius 1 is 0.538 bits per heavy atom. The fraction of sp³-hybridized carbons (Fsp3) is 0. The first-order valence-corrected chi connectivity index (χ1v) is 1.95. The van der Waals surface area contributed by atoms with E-state index < -0.39 is 18.5 Å². The zero-order chi connectivity index (χ0) is 10.7. The summed E-state index contributed by atoms with van der Waals surface area (Å²) in [5.74, 6) is 0. The Hall–Kier alpha value is -0.995. The minimum atomic E-state index is -1.83. The van der Waals surface area contributed by atoms with Gasteiger partial charge >= 0.3 is 18.5 Å². The first kappa shape index (κ1) is 22.7. The molecule has 9 nitrogen and oxygen atoms in total. The average molecular weight is 325 g/mol. The normalized spacial score (nSPS) is 5.54. The van der Waals surface area contributed by atoms with E-state index in [-0.39, 0.29) is 35.6 Å². The van der Waals surface area contributed by atoms with Crippen LogP contribution in [0.1, 0.15) is 0 Å². The minimum absolute atomic E-state index is 0. The molecular formula is C3H6LaO9. The number of rotatable bonds is 0. The predicted molar refractivity (Wildman–Crippen MR) is 32.0 cm³/mol. The summed E-state index contributed by atoms with van der Waals surface area (Å²) in [6.45, 7) is 0. The fourth-order valence-corrected chi connectivity index (χ4v) is 0. The quantitative estimate of drug-likeness (QED) is 0.374. The second-order valence-electron chi connectivity index (χ2n) is 0.848. The molecule has 10 heteroatoms. The van der Waals surface area contributed by atoms with Crippen LogP contribution in [-0.4, -0.2) is 49.1 Å². The van der Waals surface area contributed by atoms with Crippen molar-refractivity contribution in [1.29, 1.82) is 0 Å². The maximum Gasteiger partial charge on any atom is 0.503 e. The van der Waals surface area contributed by atoms with Crippen LogP contribution in [0, 0.1) is 35.6 Å². The molecule has 75 valence electrons. The molecule has 0 heterocycles. The van der Waals surface area contributed by atoms with Crippen LogP contribution < -0.4 is 0 Å². The molecule has 0 atom stereocenters. The number of hydrogen-bond donors (Lipinski definition) is 6. The summed E-state index contributed by atoms with van der Waals surface area (Å²) in [6.07, 6.45) is -5.50. The van der Waals surface area contributed by atoms with Crippen LogP contribution in [0.15, 0.2) is 0 Å². The van der Waals surface area contributed by atoms with E-state index in [4.69, 9.17) is 45.0 Å². The Labute approximate surface area is 98.8 Å². The van der Waals surface area contributed by atoms with E-state index in [2.05, 4.69) is 0 Å². The van der Waals surface area contributed by atoms with Crippen molar-refractivity contribution in [2.45, 2.75) is 0 Å². The first-order valence-electron chi connectivity index (χ1n) is 1.95. The molecule has 13 heavy (non-hydrogen) atoms. The van der Waals surface area contributed by atoms with Gasteiger partial charge in [0.2, 0.25) is 0 Å². The van der Waals surface area contributed by atoms with Crippen molar-refractivity contribution in [2.75, 3.05) is 0 Å². The molecule has 0 aliphatic heterocycles. The molecule has 0 fully saturated rings. The van der Waals surface area contributed by atoms with Gasteiger partial charge in [-0.25, -0.2) is 14.4 Å². The largest absolute Gasteiger partial charge is 0.503 e. The van der Waals surface area contributed by atoms with Gasteiger partial charge in [0, 0.05) is 35.6 Å². The second kappa shape index (κ2) is 17.2. The fourth-order valence-electron chi connectivity index (χ4n) is 0. The first-order chi connectivity index (χ1) is 5.20. The van der Waals surface area contributed by atoms with E-state index in [1.807, 2.05) is 0 Å². The summed E-state index contributed by atoms with van der Waals surface area (Å²) in [4.78, 5) is 25.7. The predicted octanol–water partition coefficient (Wildman–Crippen LogP) is 0.667. The van der Waals surface area contributed by atoms with Crippen LogP contribution in [0.2, 0.25) is 0 Å². The molecule has 1 radical (unpaired) electrons. The van der Waals surface area contributed by atoms with E-state index in [1.54, 1.807) is 0 Å². The summed E-state index contributed by atoms with van der Waals surface area (Å²) in [6, 6.07) is 0. The Balaban J connectivity index is -0.0000000450. The van der Waals surface area contributed by atoms with Gasteiger partial charge in [-0.3, -0.25) is 0 Å². The van der Waals surface area contributed by atoms with E-state index in [0.29, 0.717) is 0 Å². The SMILES string of the molecule is O=C(O)O.O=C(O)O.O=C(O)O.[La]. The molecule has 0 saturated heterocycles. The summed E-state index contributed by atoms with van der Waals surface area (Å²) >= 11 is 0. The average Bonchev–Trinajstić information content (AvgIpc) is 1.54. The van der Waals surface area contributed by atoms with Gasteiger partial charge in [0.25, 0.3) is 0 Å². The Morgan fingerprint density at radius 3 is 0.538 bits per heavy atom. The maximum atomic E-state index is 8.56. The van der Waals surface area contributed by atoms with E-state index in [1.165, 1.54) is 0 Å².